The number of amides is 1. The third-order valence-corrected chi connectivity index (χ3v) is 11.7. The van der Waals surface area contributed by atoms with Crippen LogP contribution in [0.5, 0.6) is 0 Å². The summed E-state index contributed by atoms with van der Waals surface area (Å²) in [6, 6.07) is -0.917. The van der Waals surface area contributed by atoms with Crippen LogP contribution in [0.3, 0.4) is 0 Å². The normalized spacial score (nSPS) is 22.2. The summed E-state index contributed by atoms with van der Waals surface area (Å²) in [6.07, 6.45) is 26.0. The monoisotopic (exact) mass is 863 g/mol. The first kappa shape index (κ1) is 55.8. The number of nitrogens with one attached hydrogen (secondary N) is 1. The lowest BCUT2D eigenvalue weighted by molar-refractivity contribution is -0.870. The molecule has 8 atom stereocenters. The third kappa shape index (κ3) is 29.7. The topological polar surface area (TPSA) is 187 Å². The van der Waals surface area contributed by atoms with Crippen molar-refractivity contribution in [2.75, 3.05) is 47.5 Å². The van der Waals surface area contributed by atoms with E-state index in [0.717, 1.165) is 32.1 Å². The summed E-state index contributed by atoms with van der Waals surface area (Å²) in [7, 11) is 0.861. The number of hydrogen-bond acceptors (Lipinski definition) is 11. The maximum Gasteiger partial charge on any atom is 0.268 e. The van der Waals surface area contributed by atoms with Gasteiger partial charge in [-0.25, -0.2) is 0 Å². The summed E-state index contributed by atoms with van der Waals surface area (Å²) in [4.78, 5) is 25.4. The average Bonchev–Trinajstić information content (AvgIpc) is 3.18. The van der Waals surface area contributed by atoms with Gasteiger partial charge in [0.05, 0.1) is 46.5 Å². The maximum atomic E-state index is 13.1. The summed E-state index contributed by atoms with van der Waals surface area (Å²) < 4.78 is 34.1. The number of unbranched alkanes of at least 4 members (excludes halogenated alkanes) is 20. The number of aliphatic hydroxyl groups excluding tert-OH is 4. The second-order valence-electron chi connectivity index (χ2n) is 17.5. The number of allylic oxidation sites excluding steroid dienone is 3. The minimum Gasteiger partial charge on any atom is -0.756 e. The Kier molecular flexibility index (Phi) is 32.4. The van der Waals surface area contributed by atoms with Crippen LogP contribution in [0.1, 0.15) is 168 Å². The highest BCUT2D eigenvalue weighted by atomic mass is 31.2. The van der Waals surface area contributed by atoms with Gasteiger partial charge in [0.25, 0.3) is 7.82 Å². The van der Waals surface area contributed by atoms with Crippen LogP contribution in [-0.2, 0) is 27.9 Å². The van der Waals surface area contributed by atoms with Crippen molar-refractivity contribution in [3.8, 4) is 0 Å². The molecule has 0 aromatic carbocycles. The number of likely N-dealkylation sites (N-methyl/N-ethyl adjacent to an activating group) is 1. The molecule has 1 rings (SSSR count). The van der Waals surface area contributed by atoms with Gasteiger partial charge in [-0.1, -0.05) is 154 Å². The molecule has 0 aliphatic carbocycles. The van der Waals surface area contributed by atoms with Crippen molar-refractivity contribution in [3.05, 3.63) is 24.3 Å². The number of hydrogen-bond donors (Lipinski definition) is 5. The van der Waals surface area contributed by atoms with E-state index in [-0.39, 0.29) is 25.5 Å². The molecule has 0 aromatic rings. The first-order valence-electron chi connectivity index (χ1n) is 23.2. The number of carbonyl (C=O) groups is 1. The molecule has 0 spiro atoms. The van der Waals surface area contributed by atoms with Crippen LogP contribution >= 0.6 is 7.82 Å². The lowest BCUT2D eigenvalue weighted by Crippen LogP contribution is -2.60. The van der Waals surface area contributed by atoms with Gasteiger partial charge >= 0.3 is 0 Å². The predicted octanol–water partition coefficient (Wildman–Crippen LogP) is 7.38. The van der Waals surface area contributed by atoms with Crippen LogP contribution in [-0.4, -0.2) is 121 Å². The Bertz CT molecular complexity index is 1140. The van der Waals surface area contributed by atoms with E-state index >= 15 is 0 Å². The fourth-order valence-corrected chi connectivity index (χ4v) is 7.55. The second-order valence-corrected chi connectivity index (χ2v) is 18.9. The number of carbonyl (C=O) groups excluding carboxylic acids is 1. The molecule has 14 heteroatoms. The molecule has 1 amide bonds. The fourth-order valence-electron chi connectivity index (χ4n) is 6.84. The molecule has 1 saturated heterocycles. The molecule has 1 heterocycles. The van der Waals surface area contributed by atoms with Crippen LogP contribution in [0.2, 0.25) is 0 Å². The number of rotatable bonds is 38. The summed E-state index contributed by atoms with van der Waals surface area (Å²) >= 11 is 0. The highest BCUT2D eigenvalue weighted by molar-refractivity contribution is 7.45. The van der Waals surface area contributed by atoms with E-state index in [1.54, 1.807) is 6.08 Å². The Balaban J connectivity index is 2.70. The molecule has 1 aliphatic rings. The Labute approximate surface area is 358 Å². The third-order valence-electron chi connectivity index (χ3n) is 10.8. The molecule has 1 fully saturated rings. The SMILES string of the molecule is CCCCCCCCC/C=C/CC/C=C/[C@H](O)[C@H](CO[C@@H]1O[C@H](COP(=O)([O-])OCC[N+](C)(C)C)[C@H](O)[C@H](O)[C@H]1O)NC(=O)CCCCCCCCCCCCCCC. The number of phosphoric acid groups is 1. The standard InChI is InChI=1S/C45H87N2O11P/c1-6-8-10-12-14-16-18-20-22-24-26-28-30-32-39(48)38(46-41(49)33-31-29-27-25-23-21-19-17-15-13-11-9-7-2)36-55-45-44(52)43(51)42(50)40(58-45)37-57-59(53,54)56-35-34-47(3,4)5/h22,24,30,32,38-40,42-45,48,50-52H,6-21,23,25-29,31,33-37H2,1-5H3,(H-,46,49,53,54)/b24-22+,32-30+/t38-,39-,40+,42-,43-,44+,45+/m0/s1. The highest BCUT2D eigenvalue weighted by Gasteiger charge is 2.45. The largest absolute Gasteiger partial charge is 0.756 e. The van der Waals surface area contributed by atoms with Crippen molar-refractivity contribution in [2.24, 2.45) is 0 Å². The van der Waals surface area contributed by atoms with Gasteiger partial charge in [-0.15, -0.1) is 0 Å². The van der Waals surface area contributed by atoms with E-state index < -0.39 is 57.3 Å². The summed E-state index contributed by atoms with van der Waals surface area (Å²) in [6.45, 7) is 3.74. The van der Waals surface area contributed by atoms with Crippen LogP contribution in [0.4, 0.5) is 0 Å². The lowest BCUT2D eigenvalue weighted by Gasteiger charge is -2.41. The molecular weight excluding hydrogens is 775 g/mol. The number of quaternary nitrogens is 1. The zero-order chi connectivity index (χ0) is 43.8. The first-order chi connectivity index (χ1) is 28.2. The number of aliphatic hydroxyl groups is 4. The molecule has 13 nitrogen and oxygen atoms in total. The minimum absolute atomic E-state index is 0.120. The van der Waals surface area contributed by atoms with Gasteiger partial charge in [-0.05, 0) is 32.1 Å². The van der Waals surface area contributed by atoms with Crippen molar-refractivity contribution < 1.29 is 57.7 Å². The first-order valence-corrected chi connectivity index (χ1v) is 24.7. The van der Waals surface area contributed by atoms with Crippen molar-refractivity contribution in [2.45, 2.75) is 211 Å². The van der Waals surface area contributed by atoms with Crippen LogP contribution in [0.25, 0.3) is 0 Å². The smallest absolute Gasteiger partial charge is 0.268 e. The van der Waals surface area contributed by atoms with Crippen molar-refractivity contribution >= 4 is 13.7 Å². The van der Waals surface area contributed by atoms with E-state index in [0.29, 0.717) is 23.9 Å². The van der Waals surface area contributed by atoms with Crippen LogP contribution < -0.4 is 10.2 Å². The van der Waals surface area contributed by atoms with E-state index in [4.69, 9.17) is 18.5 Å². The molecule has 1 unspecified atom stereocenters. The zero-order valence-corrected chi connectivity index (χ0v) is 38.6. The minimum atomic E-state index is -4.77. The van der Waals surface area contributed by atoms with Gasteiger partial charge in [0.1, 0.15) is 37.6 Å². The predicted molar refractivity (Wildman–Crippen MR) is 233 cm³/mol. The van der Waals surface area contributed by atoms with Gasteiger partial charge < -0.3 is 53.6 Å². The second kappa shape index (κ2) is 34.3. The molecule has 0 aromatic heterocycles. The quantitative estimate of drug-likeness (QED) is 0.0181. The van der Waals surface area contributed by atoms with Crippen LogP contribution in [0, 0.1) is 0 Å². The number of nitrogens with zero attached hydrogens (tertiary/aromatic N) is 1. The van der Waals surface area contributed by atoms with E-state index in [2.05, 4.69) is 31.3 Å². The van der Waals surface area contributed by atoms with Crippen LogP contribution in [0.15, 0.2) is 24.3 Å². The summed E-state index contributed by atoms with van der Waals surface area (Å²) in [5, 5.41) is 45.8. The van der Waals surface area contributed by atoms with Crippen molar-refractivity contribution in [3.63, 3.8) is 0 Å². The van der Waals surface area contributed by atoms with Gasteiger partial charge in [0, 0.05) is 6.42 Å². The van der Waals surface area contributed by atoms with Gasteiger partial charge in [0.15, 0.2) is 6.29 Å². The fraction of sp³-hybridized carbons (Fsp3) is 0.889. The van der Waals surface area contributed by atoms with Gasteiger partial charge in [-0.2, -0.15) is 0 Å². The molecule has 0 saturated carbocycles. The number of phosphoric ester groups is 1. The zero-order valence-electron chi connectivity index (χ0n) is 37.7. The maximum absolute atomic E-state index is 13.1. The van der Waals surface area contributed by atoms with Gasteiger partial charge in [-0.3, -0.25) is 9.36 Å². The van der Waals surface area contributed by atoms with Crippen molar-refractivity contribution in [1.29, 1.82) is 0 Å². The van der Waals surface area contributed by atoms with E-state index in [9.17, 15) is 34.7 Å². The lowest BCUT2D eigenvalue weighted by atomic mass is 9.99. The Morgan fingerprint density at radius 3 is 1.80 bits per heavy atom. The molecular formula is C45H87N2O11P. The molecule has 59 heavy (non-hydrogen) atoms. The average molecular weight is 863 g/mol. The Morgan fingerprint density at radius 2 is 1.24 bits per heavy atom. The molecule has 348 valence electrons. The Morgan fingerprint density at radius 1 is 0.729 bits per heavy atom. The number of ether oxygens (including phenoxy) is 2. The van der Waals surface area contributed by atoms with Gasteiger partial charge in [0.2, 0.25) is 5.91 Å². The highest BCUT2D eigenvalue weighted by Crippen LogP contribution is 2.39. The summed E-state index contributed by atoms with van der Waals surface area (Å²) in [5.41, 5.74) is 0. The van der Waals surface area contributed by atoms with E-state index in [1.807, 2.05) is 27.2 Å². The summed E-state index contributed by atoms with van der Waals surface area (Å²) in [5.74, 6) is -0.245. The molecule has 1 aliphatic heterocycles. The molecule has 0 bridgehead atoms. The van der Waals surface area contributed by atoms with E-state index in [1.165, 1.54) is 103 Å². The molecule has 0 radical (unpaired) electrons. The Hall–Kier alpha value is -1.22. The molecule has 5 N–H and O–H groups in total. The van der Waals surface area contributed by atoms with Crippen molar-refractivity contribution in [1.82, 2.24) is 5.32 Å².